The van der Waals surface area contributed by atoms with Crippen molar-refractivity contribution in [2.24, 2.45) is 0 Å². The molecule has 0 spiro atoms. The fourth-order valence-electron chi connectivity index (χ4n) is 2.16. The minimum absolute atomic E-state index is 0.0403. The van der Waals surface area contributed by atoms with Crippen LogP contribution in [0.15, 0.2) is 18.2 Å². The van der Waals surface area contributed by atoms with Crippen molar-refractivity contribution in [2.75, 3.05) is 0 Å². The van der Waals surface area contributed by atoms with Crippen LogP contribution in [-0.2, 0) is 16.0 Å². The first-order valence-corrected chi connectivity index (χ1v) is 8.02. The molecule has 1 aromatic heterocycles. The van der Waals surface area contributed by atoms with Gasteiger partial charge in [0, 0.05) is 18.5 Å². The number of amides is 1. The van der Waals surface area contributed by atoms with Crippen LogP contribution in [0.25, 0.3) is 5.69 Å². The molecule has 10 nitrogen and oxygen atoms in total. The number of hydrogen-bond acceptors (Lipinski definition) is 7. The van der Waals surface area contributed by atoms with E-state index in [4.69, 9.17) is 9.84 Å². The van der Waals surface area contributed by atoms with Gasteiger partial charge in [0.25, 0.3) is 0 Å². The summed E-state index contributed by atoms with van der Waals surface area (Å²) >= 11 is 0. The van der Waals surface area contributed by atoms with Gasteiger partial charge in [0.05, 0.1) is 6.42 Å². The second-order valence-electron chi connectivity index (χ2n) is 6.78. The van der Waals surface area contributed by atoms with Gasteiger partial charge in [-0.1, -0.05) is 0 Å². The van der Waals surface area contributed by atoms with Crippen LogP contribution in [0.3, 0.4) is 0 Å². The molecule has 2 aromatic rings. The Morgan fingerprint density at radius 3 is 2.67 bits per heavy atom. The van der Waals surface area contributed by atoms with Crippen molar-refractivity contribution in [3.8, 4) is 11.4 Å². The number of carboxylic acid groups (broad SMARTS) is 1. The third-order valence-electron chi connectivity index (χ3n) is 3.17. The maximum absolute atomic E-state index is 13.9. The number of carbonyl (C=O) groups excluding carboxylic acids is 1. The van der Waals surface area contributed by atoms with Gasteiger partial charge in [-0.25, -0.2) is 9.18 Å². The molecular weight excluding hydrogens is 361 g/mol. The van der Waals surface area contributed by atoms with Gasteiger partial charge in [-0.3, -0.25) is 4.79 Å². The monoisotopic (exact) mass is 381 g/mol. The molecule has 0 fully saturated rings. The Kier molecular flexibility index (Phi) is 5.93. The third-order valence-corrected chi connectivity index (χ3v) is 3.17. The van der Waals surface area contributed by atoms with Crippen molar-refractivity contribution < 1.29 is 28.9 Å². The molecule has 3 N–H and O–H groups in total. The Morgan fingerprint density at radius 2 is 2.07 bits per heavy atom. The molecule has 146 valence electrons. The maximum Gasteiger partial charge on any atom is 0.407 e. The molecular formula is C16H20FN5O5. The summed E-state index contributed by atoms with van der Waals surface area (Å²) in [6.45, 7) is 5.04. The number of rotatable bonds is 6. The second kappa shape index (κ2) is 7.98. The summed E-state index contributed by atoms with van der Waals surface area (Å²) in [5, 5.41) is 32.2. The fraction of sp³-hybridized carbons (Fsp3) is 0.438. The van der Waals surface area contributed by atoms with Gasteiger partial charge in [-0.05, 0) is 38.1 Å². The van der Waals surface area contributed by atoms with Crippen LogP contribution in [0, 0.1) is 5.82 Å². The molecule has 1 heterocycles. The first-order valence-electron chi connectivity index (χ1n) is 8.02. The van der Waals surface area contributed by atoms with Crippen molar-refractivity contribution in [3.63, 3.8) is 0 Å². The standard InChI is InChI=1S/C16H20FN5O5/c1-16(2,3)27-15(26)18-9(7-14(24)25)6-13-19-21-22(20-13)12-5-4-10(23)8-11(12)17/h4-5,8-9,23H,6-7H2,1-3H3,(H,18,26)(H,24,25). The van der Waals surface area contributed by atoms with Crippen molar-refractivity contribution in [1.29, 1.82) is 0 Å². The molecule has 1 unspecified atom stereocenters. The summed E-state index contributed by atoms with van der Waals surface area (Å²) in [5.74, 6) is -2.04. The number of aromatic nitrogens is 4. The van der Waals surface area contributed by atoms with E-state index in [2.05, 4.69) is 20.7 Å². The Labute approximate surface area is 153 Å². The number of phenolic OH excluding ortho intramolecular Hbond substituents is 1. The Morgan fingerprint density at radius 1 is 1.37 bits per heavy atom. The molecule has 0 aliphatic carbocycles. The molecule has 0 aliphatic rings. The minimum Gasteiger partial charge on any atom is -0.508 e. The predicted octanol–water partition coefficient (Wildman–Crippen LogP) is 1.42. The molecule has 0 radical (unpaired) electrons. The van der Waals surface area contributed by atoms with Crippen molar-refractivity contribution in [1.82, 2.24) is 25.5 Å². The number of benzene rings is 1. The lowest BCUT2D eigenvalue weighted by Gasteiger charge is -2.22. The molecule has 0 saturated carbocycles. The second-order valence-corrected chi connectivity index (χ2v) is 6.78. The van der Waals surface area contributed by atoms with Crippen molar-refractivity contribution in [3.05, 3.63) is 29.8 Å². The van der Waals surface area contributed by atoms with Gasteiger partial charge >= 0.3 is 12.1 Å². The molecule has 1 atom stereocenters. The number of carbonyl (C=O) groups is 2. The van der Waals surface area contributed by atoms with Gasteiger partial charge in [0.1, 0.15) is 17.0 Å². The number of carboxylic acids is 1. The SMILES string of the molecule is CC(C)(C)OC(=O)NC(CC(=O)O)Cc1nnn(-c2ccc(O)cc2F)n1. The van der Waals surface area contributed by atoms with E-state index in [-0.39, 0.29) is 30.1 Å². The number of nitrogens with one attached hydrogen (secondary N) is 1. The molecule has 1 aromatic carbocycles. The van der Waals surface area contributed by atoms with Crippen LogP contribution in [-0.4, -0.2) is 54.1 Å². The number of hydrogen-bond donors (Lipinski definition) is 3. The van der Waals surface area contributed by atoms with E-state index in [1.165, 1.54) is 12.1 Å². The molecule has 0 saturated heterocycles. The summed E-state index contributed by atoms with van der Waals surface area (Å²) in [6.07, 6.45) is -1.21. The first-order chi connectivity index (χ1) is 12.5. The molecule has 27 heavy (non-hydrogen) atoms. The Hall–Kier alpha value is -3.24. The molecule has 0 bridgehead atoms. The molecule has 0 aliphatic heterocycles. The molecule has 1 amide bonds. The molecule has 2 rings (SSSR count). The highest BCUT2D eigenvalue weighted by molar-refractivity contribution is 5.71. The number of aromatic hydroxyl groups is 1. The van der Waals surface area contributed by atoms with Crippen LogP contribution in [0.4, 0.5) is 9.18 Å². The zero-order chi connectivity index (χ0) is 20.2. The zero-order valence-corrected chi connectivity index (χ0v) is 15.0. The van der Waals surface area contributed by atoms with Gasteiger partial charge in [0.2, 0.25) is 0 Å². The lowest BCUT2D eigenvalue weighted by Crippen LogP contribution is -2.41. The quantitative estimate of drug-likeness (QED) is 0.682. The van der Waals surface area contributed by atoms with Crippen LogP contribution < -0.4 is 5.32 Å². The topological polar surface area (TPSA) is 139 Å². The average molecular weight is 381 g/mol. The average Bonchev–Trinajstić information content (AvgIpc) is 2.92. The number of phenols is 1. The smallest absolute Gasteiger partial charge is 0.407 e. The van der Waals surface area contributed by atoms with Crippen LogP contribution >= 0.6 is 0 Å². The largest absolute Gasteiger partial charge is 0.508 e. The number of alkyl carbamates (subject to hydrolysis) is 1. The van der Waals surface area contributed by atoms with E-state index in [1.807, 2.05) is 0 Å². The summed E-state index contributed by atoms with van der Waals surface area (Å²) in [4.78, 5) is 23.8. The van der Waals surface area contributed by atoms with Gasteiger partial charge in [0.15, 0.2) is 11.6 Å². The highest BCUT2D eigenvalue weighted by Gasteiger charge is 2.23. The van der Waals surface area contributed by atoms with Crippen LogP contribution in [0.1, 0.15) is 33.0 Å². The normalized spacial score (nSPS) is 12.4. The lowest BCUT2D eigenvalue weighted by atomic mass is 10.1. The Balaban J connectivity index is 2.12. The van der Waals surface area contributed by atoms with E-state index >= 15 is 0 Å². The number of halogens is 1. The lowest BCUT2D eigenvalue weighted by molar-refractivity contribution is -0.137. The van der Waals surface area contributed by atoms with E-state index < -0.39 is 29.5 Å². The molecule has 11 heteroatoms. The predicted molar refractivity (Wildman–Crippen MR) is 89.9 cm³/mol. The van der Waals surface area contributed by atoms with Gasteiger partial charge in [-0.15, -0.1) is 15.0 Å². The Bertz CT molecular complexity index is 833. The van der Waals surface area contributed by atoms with E-state index in [0.29, 0.717) is 0 Å². The number of aliphatic carboxylic acids is 1. The summed E-state index contributed by atoms with van der Waals surface area (Å²) in [5.41, 5.74) is -0.781. The fourth-order valence-corrected chi connectivity index (χ4v) is 2.16. The minimum atomic E-state index is -1.13. The van der Waals surface area contributed by atoms with Crippen LogP contribution in [0.5, 0.6) is 5.75 Å². The number of ether oxygens (including phenoxy) is 1. The zero-order valence-electron chi connectivity index (χ0n) is 15.0. The van der Waals surface area contributed by atoms with E-state index in [0.717, 1.165) is 10.9 Å². The van der Waals surface area contributed by atoms with Crippen LogP contribution in [0.2, 0.25) is 0 Å². The highest BCUT2D eigenvalue weighted by Crippen LogP contribution is 2.17. The third kappa shape index (κ3) is 6.20. The maximum atomic E-state index is 13.9. The van der Waals surface area contributed by atoms with Crippen molar-refractivity contribution >= 4 is 12.1 Å². The summed E-state index contributed by atoms with van der Waals surface area (Å²) in [7, 11) is 0. The first kappa shape index (κ1) is 20.1. The van der Waals surface area contributed by atoms with Crippen molar-refractivity contribution in [2.45, 2.75) is 45.3 Å². The van der Waals surface area contributed by atoms with E-state index in [9.17, 15) is 19.1 Å². The van der Waals surface area contributed by atoms with Gasteiger partial charge in [-0.2, -0.15) is 0 Å². The number of tetrazole rings is 1. The highest BCUT2D eigenvalue weighted by atomic mass is 19.1. The summed E-state index contributed by atoms with van der Waals surface area (Å²) < 4.78 is 19.0. The van der Waals surface area contributed by atoms with E-state index in [1.54, 1.807) is 20.8 Å². The number of nitrogens with zero attached hydrogens (tertiary/aromatic N) is 4. The summed E-state index contributed by atoms with van der Waals surface area (Å²) in [6, 6.07) is 2.58. The van der Waals surface area contributed by atoms with Gasteiger partial charge < -0.3 is 20.3 Å².